The zero-order valence-electron chi connectivity index (χ0n) is 11.3. The van der Waals surface area contributed by atoms with Crippen LogP contribution >= 0.6 is 22.9 Å². The number of aromatic nitrogens is 1. The van der Waals surface area contributed by atoms with E-state index in [0.29, 0.717) is 5.02 Å². The van der Waals surface area contributed by atoms with Gasteiger partial charge in [-0.25, -0.2) is 4.98 Å². The molecule has 2 aromatic carbocycles. The topological polar surface area (TPSA) is 45.1 Å². The van der Waals surface area contributed by atoms with Gasteiger partial charge in [-0.3, -0.25) is 0 Å². The Morgan fingerprint density at radius 1 is 1.05 bits per heavy atom. The number of rotatable bonds is 3. The molecule has 1 heterocycles. The number of benzene rings is 2. The van der Waals surface area contributed by atoms with Gasteiger partial charge in [0.15, 0.2) is 5.13 Å². The predicted octanol–water partition coefficient (Wildman–Crippen LogP) is 5.22. The summed E-state index contributed by atoms with van der Waals surface area (Å²) in [4.78, 5) is 5.77. The summed E-state index contributed by atoms with van der Waals surface area (Å²) in [6.07, 6.45) is 0. The molecule has 5 heteroatoms. The number of phenols is 1. The Labute approximate surface area is 131 Å². The van der Waals surface area contributed by atoms with Gasteiger partial charge in [-0.05, 0) is 43.3 Å². The molecule has 2 N–H and O–H groups in total. The highest BCUT2D eigenvalue weighted by atomic mass is 35.5. The van der Waals surface area contributed by atoms with Gasteiger partial charge in [0, 0.05) is 21.2 Å². The molecule has 0 aliphatic heterocycles. The van der Waals surface area contributed by atoms with Crippen LogP contribution in [0, 0.1) is 6.92 Å². The SMILES string of the molecule is Cc1sc(Nc2ccc(O)cc2)nc1-c1ccc(Cl)cc1. The normalized spacial score (nSPS) is 10.6. The van der Waals surface area contributed by atoms with E-state index in [4.69, 9.17) is 11.6 Å². The summed E-state index contributed by atoms with van der Waals surface area (Å²) < 4.78 is 0. The molecule has 21 heavy (non-hydrogen) atoms. The number of nitrogens with zero attached hydrogens (tertiary/aromatic N) is 1. The van der Waals surface area contributed by atoms with E-state index < -0.39 is 0 Å². The summed E-state index contributed by atoms with van der Waals surface area (Å²) in [6, 6.07) is 14.6. The second-order valence-electron chi connectivity index (χ2n) is 4.60. The Hall–Kier alpha value is -2.04. The monoisotopic (exact) mass is 316 g/mol. The second kappa shape index (κ2) is 5.76. The van der Waals surface area contributed by atoms with Gasteiger partial charge in [0.05, 0.1) is 5.69 Å². The van der Waals surface area contributed by atoms with E-state index in [2.05, 4.69) is 10.3 Å². The van der Waals surface area contributed by atoms with Gasteiger partial charge >= 0.3 is 0 Å². The van der Waals surface area contributed by atoms with Gasteiger partial charge in [0.25, 0.3) is 0 Å². The minimum Gasteiger partial charge on any atom is -0.508 e. The van der Waals surface area contributed by atoms with E-state index >= 15 is 0 Å². The van der Waals surface area contributed by atoms with E-state index in [1.807, 2.05) is 43.3 Å². The first-order valence-corrected chi connectivity index (χ1v) is 7.61. The lowest BCUT2D eigenvalue weighted by Gasteiger charge is -2.02. The van der Waals surface area contributed by atoms with E-state index in [-0.39, 0.29) is 5.75 Å². The molecule has 3 aromatic rings. The number of aromatic hydroxyl groups is 1. The molecule has 0 spiro atoms. The van der Waals surface area contributed by atoms with Crippen LogP contribution in [0.3, 0.4) is 0 Å². The van der Waals surface area contributed by atoms with Crippen molar-refractivity contribution in [1.82, 2.24) is 4.98 Å². The third kappa shape index (κ3) is 3.17. The van der Waals surface area contributed by atoms with Crippen LogP contribution in [0.1, 0.15) is 4.88 Å². The van der Waals surface area contributed by atoms with Crippen molar-refractivity contribution in [3.05, 3.63) is 58.4 Å². The van der Waals surface area contributed by atoms with Gasteiger partial charge in [-0.1, -0.05) is 23.7 Å². The Morgan fingerprint density at radius 3 is 2.38 bits per heavy atom. The molecule has 3 rings (SSSR count). The smallest absolute Gasteiger partial charge is 0.187 e. The van der Waals surface area contributed by atoms with Crippen LogP contribution in [-0.4, -0.2) is 10.1 Å². The van der Waals surface area contributed by atoms with Crippen molar-refractivity contribution >= 4 is 33.8 Å². The molecule has 0 amide bonds. The van der Waals surface area contributed by atoms with Crippen molar-refractivity contribution in [1.29, 1.82) is 0 Å². The van der Waals surface area contributed by atoms with Gasteiger partial charge in [0.1, 0.15) is 5.75 Å². The molecule has 0 unspecified atom stereocenters. The fraction of sp³-hybridized carbons (Fsp3) is 0.0625. The minimum atomic E-state index is 0.248. The number of anilines is 2. The molecular formula is C16H13ClN2OS. The van der Waals surface area contributed by atoms with Crippen LogP contribution in [-0.2, 0) is 0 Å². The maximum Gasteiger partial charge on any atom is 0.187 e. The molecule has 0 atom stereocenters. The van der Waals surface area contributed by atoms with Crippen LogP contribution in [0.5, 0.6) is 5.75 Å². The molecule has 0 fully saturated rings. The second-order valence-corrected chi connectivity index (χ2v) is 6.24. The molecule has 0 aliphatic carbocycles. The zero-order chi connectivity index (χ0) is 14.8. The summed E-state index contributed by atoms with van der Waals surface area (Å²) in [5.41, 5.74) is 2.90. The van der Waals surface area contributed by atoms with E-state index in [0.717, 1.165) is 27.0 Å². The van der Waals surface area contributed by atoms with E-state index in [1.54, 1.807) is 23.5 Å². The van der Waals surface area contributed by atoms with Crippen molar-refractivity contribution in [3.63, 3.8) is 0 Å². The van der Waals surface area contributed by atoms with Crippen LogP contribution in [0.25, 0.3) is 11.3 Å². The summed E-state index contributed by atoms with van der Waals surface area (Å²) in [7, 11) is 0. The molecule has 0 aliphatic rings. The van der Waals surface area contributed by atoms with Gasteiger partial charge in [0.2, 0.25) is 0 Å². The fourth-order valence-electron chi connectivity index (χ4n) is 1.99. The maximum absolute atomic E-state index is 9.29. The average molecular weight is 317 g/mol. The van der Waals surface area contributed by atoms with Gasteiger partial charge < -0.3 is 10.4 Å². The standard InChI is InChI=1S/C16H13ClN2OS/c1-10-15(11-2-4-12(17)5-3-11)19-16(21-10)18-13-6-8-14(20)9-7-13/h2-9,20H,1H3,(H,18,19). The first-order valence-electron chi connectivity index (χ1n) is 6.41. The van der Waals surface area contributed by atoms with E-state index in [9.17, 15) is 5.11 Å². The van der Waals surface area contributed by atoms with Crippen molar-refractivity contribution in [2.45, 2.75) is 6.92 Å². The Balaban J connectivity index is 1.87. The average Bonchev–Trinajstić information content (AvgIpc) is 2.83. The number of nitrogens with one attached hydrogen (secondary N) is 1. The summed E-state index contributed by atoms with van der Waals surface area (Å²) in [5, 5.41) is 14.1. The molecule has 106 valence electrons. The highest BCUT2D eigenvalue weighted by Gasteiger charge is 2.10. The van der Waals surface area contributed by atoms with E-state index in [1.165, 1.54) is 0 Å². The van der Waals surface area contributed by atoms with Crippen LogP contribution in [0.2, 0.25) is 5.02 Å². The van der Waals surface area contributed by atoms with Crippen LogP contribution in [0.15, 0.2) is 48.5 Å². The molecule has 3 nitrogen and oxygen atoms in total. The lowest BCUT2D eigenvalue weighted by molar-refractivity contribution is 0.475. The van der Waals surface area contributed by atoms with Crippen molar-refractivity contribution in [3.8, 4) is 17.0 Å². The number of hydrogen-bond acceptors (Lipinski definition) is 4. The summed E-state index contributed by atoms with van der Waals surface area (Å²) in [6.45, 7) is 2.05. The Morgan fingerprint density at radius 2 is 1.71 bits per heavy atom. The van der Waals surface area contributed by atoms with Gasteiger partial charge in [-0.2, -0.15) is 0 Å². The zero-order valence-corrected chi connectivity index (χ0v) is 12.9. The molecular weight excluding hydrogens is 304 g/mol. The minimum absolute atomic E-state index is 0.248. The maximum atomic E-state index is 9.29. The molecule has 0 bridgehead atoms. The quantitative estimate of drug-likeness (QED) is 0.651. The number of thiazole rings is 1. The highest BCUT2D eigenvalue weighted by molar-refractivity contribution is 7.16. The highest BCUT2D eigenvalue weighted by Crippen LogP contribution is 2.32. The summed E-state index contributed by atoms with van der Waals surface area (Å²) >= 11 is 7.51. The molecule has 0 saturated heterocycles. The fourth-order valence-corrected chi connectivity index (χ4v) is 2.98. The molecule has 1 aromatic heterocycles. The van der Waals surface area contributed by atoms with Crippen molar-refractivity contribution in [2.24, 2.45) is 0 Å². The van der Waals surface area contributed by atoms with Crippen molar-refractivity contribution in [2.75, 3.05) is 5.32 Å². The van der Waals surface area contributed by atoms with Crippen LogP contribution < -0.4 is 5.32 Å². The number of hydrogen-bond donors (Lipinski definition) is 2. The molecule has 0 saturated carbocycles. The Bertz CT molecular complexity index is 751. The third-order valence-corrected chi connectivity index (χ3v) is 4.17. The largest absolute Gasteiger partial charge is 0.508 e. The Kier molecular flexibility index (Phi) is 3.82. The lowest BCUT2D eigenvalue weighted by Crippen LogP contribution is -1.89. The first-order chi connectivity index (χ1) is 10.1. The number of halogens is 1. The first kappa shape index (κ1) is 13.9. The molecule has 0 radical (unpaired) electrons. The predicted molar refractivity (Wildman–Crippen MR) is 88.7 cm³/mol. The lowest BCUT2D eigenvalue weighted by atomic mass is 10.1. The summed E-state index contributed by atoms with van der Waals surface area (Å²) in [5.74, 6) is 0.248. The third-order valence-electron chi connectivity index (χ3n) is 3.03. The number of aryl methyl sites for hydroxylation is 1. The van der Waals surface area contributed by atoms with Crippen molar-refractivity contribution < 1.29 is 5.11 Å². The van der Waals surface area contributed by atoms with Gasteiger partial charge in [-0.15, -0.1) is 11.3 Å². The number of phenolic OH excluding ortho intramolecular Hbond substituents is 1. The van der Waals surface area contributed by atoms with Crippen LogP contribution in [0.4, 0.5) is 10.8 Å².